The molecule has 3 atom stereocenters. The van der Waals surface area contributed by atoms with Crippen molar-refractivity contribution in [2.24, 2.45) is 0 Å². The van der Waals surface area contributed by atoms with Gasteiger partial charge in [0.25, 0.3) is 0 Å². The highest BCUT2D eigenvalue weighted by atomic mass is 35.5. The van der Waals surface area contributed by atoms with Crippen LogP contribution in [-0.4, -0.2) is 29.1 Å². The second-order valence-electron chi connectivity index (χ2n) is 8.91. The number of anilines is 2. The number of hydrogen-bond acceptors (Lipinski definition) is 5. The quantitative estimate of drug-likeness (QED) is 0.415. The Morgan fingerprint density at radius 2 is 2.00 bits per heavy atom. The summed E-state index contributed by atoms with van der Waals surface area (Å²) in [6.45, 7) is 0. The van der Waals surface area contributed by atoms with Crippen molar-refractivity contribution in [2.45, 2.75) is 37.1 Å². The lowest BCUT2D eigenvalue weighted by molar-refractivity contribution is -0.137. The molecule has 1 aliphatic carbocycles. The number of alkyl halides is 3. The zero-order valence-corrected chi connectivity index (χ0v) is 19.6. The average molecular weight is 531 g/mol. The van der Waals surface area contributed by atoms with Crippen molar-refractivity contribution in [3.8, 4) is 17.2 Å². The highest BCUT2D eigenvalue weighted by Gasteiger charge is 2.59. The number of halogens is 4. The molecule has 0 saturated heterocycles. The molecule has 3 heterocycles. The van der Waals surface area contributed by atoms with Crippen molar-refractivity contribution >= 4 is 35.0 Å². The minimum atomic E-state index is -4.64. The van der Waals surface area contributed by atoms with Gasteiger partial charge in [-0.3, -0.25) is 4.79 Å². The van der Waals surface area contributed by atoms with Gasteiger partial charge in [0.15, 0.2) is 0 Å². The lowest BCUT2D eigenvalue weighted by atomic mass is 10.1. The molecular weight excluding hydrogens is 513 g/mol. The molecule has 3 unspecified atom stereocenters. The zero-order chi connectivity index (χ0) is 25.9. The molecule has 3 aromatic rings. The van der Waals surface area contributed by atoms with E-state index in [1.807, 2.05) is 6.07 Å². The second-order valence-corrected chi connectivity index (χ2v) is 9.32. The average Bonchev–Trinajstić information content (AvgIpc) is 3.35. The predicted molar refractivity (Wildman–Crippen MR) is 127 cm³/mol. The van der Waals surface area contributed by atoms with Crippen LogP contribution in [0.25, 0.3) is 0 Å². The van der Waals surface area contributed by atoms with E-state index in [1.165, 1.54) is 6.07 Å². The number of amides is 3. The molecule has 12 heteroatoms. The SMILES string of the molecule is O=C1CCc2c(Oc3ccc4c(c3)C3C(NC(=O)Nc5ccc(Cl)c(C(F)(F)F)c5)C3O4)ccnc2N1. The van der Waals surface area contributed by atoms with E-state index in [0.717, 1.165) is 23.3 Å². The molecule has 1 fully saturated rings. The van der Waals surface area contributed by atoms with Crippen LogP contribution in [-0.2, 0) is 17.4 Å². The number of hydrogen-bond donors (Lipinski definition) is 3. The molecule has 190 valence electrons. The number of nitrogens with zero attached hydrogens (tertiary/aromatic N) is 1. The van der Waals surface area contributed by atoms with Crippen LogP contribution in [0, 0.1) is 0 Å². The van der Waals surface area contributed by atoms with Gasteiger partial charge in [-0.1, -0.05) is 11.6 Å². The number of nitrogens with one attached hydrogen (secondary N) is 3. The van der Waals surface area contributed by atoms with Crippen molar-refractivity contribution in [1.29, 1.82) is 0 Å². The van der Waals surface area contributed by atoms with Gasteiger partial charge in [-0.15, -0.1) is 0 Å². The maximum absolute atomic E-state index is 13.1. The second kappa shape index (κ2) is 8.55. The Morgan fingerprint density at radius 3 is 2.81 bits per heavy atom. The van der Waals surface area contributed by atoms with Gasteiger partial charge in [0, 0.05) is 29.4 Å². The van der Waals surface area contributed by atoms with Crippen LogP contribution in [0.4, 0.5) is 29.5 Å². The molecule has 6 rings (SSSR count). The minimum absolute atomic E-state index is 0.0334. The Kier molecular flexibility index (Phi) is 5.41. The van der Waals surface area contributed by atoms with Crippen molar-refractivity contribution in [3.05, 3.63) is 70.4 Å². The van der Waals surface area contributed by atoms with Crippen molar-refractivity contribution < 1.29 is 32.2 Å². The number of fused-ring (bicyclic) bond motifs is 4. The van der Waals surface area contributed by atoms with E-state index in [4.69, 9.17) is 21.1 Å². The van der Waals surface area contributed by atoms with Gasteiger partial charge >= 0.3 is 12.2 Å². The van der Waals surface area contributed by atoms with Crippen LogP contribution < -0.4 is 25.4 Å². The van der Waals surface area contributed by atoms with Crippen LogP contribution >= 0.6 is 11.6 Å². The molecule has 1 saturated carbocycles. The van der Waals surface area contributed by atoms with Crippen LogP contribution in [0.3, 0.4) is 0 Å². The summed E-state index contributed by atoms with van der Waals surface area (Å²) in [7, 11) is 0. The summed E-state index contributed by atoms with van der Waals surface area (Å²) in [4.78, 5) is 28.3. The van der Waals surface area contributed by atoms with Gasteiger partial charge in [0.05, 0.1) is 22.5 Å². The van der Waals surface area contributed by atoms with Crippen LogP contribution in [0.15, 0.2) is 48.7 Å². The van der Waals surface area contributed by atoms with Gasteiger partial charge < -0.3 is 25.4 Å². The Balaban J connectivity index is 1.13. The van der Waals surface area contributed by atoms with E-state index in [9.17, 15) is 22.8 Å². The Labute approximate surface area is 213 Å². The van der Waals surface area contributed by atoms with E-state index in [-0.39, 0.29) is 29.7 Å². The van der Waals surface area contributed by atoms with Gasteiger partial charge in [-0.2, -0.15) is 13.2 Å². The summed E-state index contributed by atoms with van der Waals surface area (Å²) < 4.78 is 51.3. The molecule has 0 spiro atoms. The molecule has 3 aliphatic rings. The predicted octanol–water partition coefficient (Wildman–Crippen LogP) is 5.48. The molecule has 2 aromatic carbocycles. The third-order valence-electron chi connectivity index (χ3n) is 6.49. The van der Waals surface area contributed by atoms with Gasteiger partial charge in [-0.05, 0) is 48.9 Å². The first-order valence-corrected chi connectivity index (χ1v) is 11.8. The number of carbonyl (C=O) groups is 2. The number of urea groups is 1. The number of benzene rings is 2. The van der Waals surface area contributed by atoms with Crippen molar-refractivity contribution in [3.63, 3.8) is 0 Å². The number of pyridine rings is 1. The lowest BCUT2D eigenvalue weighted by Crippen LogP contribution is -2.34. The van der Waals surface area contributed by atoms with Crippen molar-refractivity contribution in [1.82, 2.24) is 10.3 Å². The number of rotatable bonds is 4. The van der Waals surface area contributed by atoms with E-state index in [1.54, 1.807) is 24.4 Å². The fraction of sp³-hybridized carbons (Fsp3) is 0.240. The third kappa shape index (κ3) is 4.39. The van der Waals surface area contributed by atoms with E-state index in [0.29, 0.717) is 35.9 Å². The maximum atomic E-state index is 13.1. The van der Waals surface area contributed by atoms with Crippen LogP contribution in [0.1, 0.15) is 29.0 Å². The first-order chi connectivity index (χ1) is 17.7. The zero-order valence-electron chi connectivity index (χ0n) is 18.9. The monoisotopic (exact) mass is 530 g/mol. The third-order valence-corrected chi connectivity index (χ3v) is 6.81. The molecule has 0 radical (unpaired) electrons. The lowest BCUT2D eigenvalue weighted by Gasteiger charge is -2.19. The van der Waals surface area contributed by atoms with Crippen LogP contribution in [0.2, 0.25) is 5.02 Å². The van der Waals surface area contributed by atoms with Gasteiger partial charge in [0.2, 0.25) is 5.91 Å². The highest BCUT2D eigenvalue weighted by Crippen LogP contribution is 2.54. The van der Waals surface area contributed by atoms with E-state index in [2.05, 4.69) is 20.9 Å². The Bertz CT molecular complexity index is 1450. The number of carbonyl (C=O) groups excluding carboxylic acids is 2. The smallest absolute Gasteiger partial charge is 0.417 e. The summed E-state index contributed by atoms with van der Waals surface area (Å²) in [6.07, 6.45) is -2.50. The molecule has 8 nitrogen and oxygen atoms in total. The molecule has 1 aromatic heterocycles. The largest absolute Gasteiger partial charge is 0.487 e. The molecule has 3 N–H and O–H groups in total. The Morgan fingerprint density at radius 1 is 1.16 bits per heavy atom. The first kappa shape index (κ1) is 23.4. The Hall–Kier alpha value is -3.99. The standard InChI is InChI=1S/C25H18ClF3N4O4/c26-16-4-1-11(9-15(16)25(27,28)29)31-24(35)33-21-20-14-10-12(2-5-17(14)37-22(20)21)36-18-7-8-30-23-13(18)3-6-19(34)32-23/h1-2,4-5,7-10,20-22H,3,6H2,(H,30,32,34)(H2,31,33,35). The summed E-state index contributed by atoms with van der Waals surface area (Å²) >= 11 is 5.63. The van der Waals surface area contributed by atoms with E-state index < -0.39 is 22.8 Å². The fourth-order valence-corrected chi connectivity index (χ4v) is 4.92. The van der Waals surface area contributed by atoms with Gasteiger partial charge in [0.1, 0.15) is 29.2 Å². The van der Waals surface area contributed by atoms with Gasteiger partial charge in [-0.25, -0.2) is 9.78 Å². The number of ether oxygens (including phenoxy) is 2. The van der Waals surface area contributed by atoms with Crippen molar-refractivity contribution in [2.75, 3.05) is 10.6 Å². The highest BCUT2D eigenvalue weighted by molar-refractivity contribution is 6.31. The summed E-state index contributed by atoms with van der Waals surface area (Å²) in [5.74, 6) is 2.10. The normalized spacial score (nSPS) is 21.1. The molecule has 37 heavy (non-hydrogen) atoms. The molecule has 0 bridgehead atoms. The van der Waals surface area contributed by atoms with E-state index >= 15 is 0 Å². The maximum Gasteiger partial charge on any atom is 0.417 e. The summed E-state index contributed by atoms with van der Waals surface area (Å²) in [5, 5.41) is 7.46. The number of aromatic nitrogens is 1. The molecular formula is C25H18ClF3N4O4. The fourth-order valence-electron chi connectivity index (χ4n) is 4.70. The molecule has 2 aliphatic heterocycles. The topological polar surface area (TPSA) is 102 Å². The summed E-state index contributed by atoms with van der Waals surface area (Å²) in [6, 6.07) is 9.29. The first-order valence-electron chi connectivity index (χ1n) is 11.4. The van der Waals surface area contributed by atoms with Crippen LogP contribution in [0.5, 0.6) is 17.2 Å². The molecule has 3 amide bonds. The summed E-state index contributed by atoms with van der Waals surface area (Å²) in [5.41, 5.74) is 0.608. The minimum Gasteiger partial charge on any atom is -0.487 e.